The fourth-order valence-corrected chi connectivity index (χ4v) is 6.98. The van der Waals surface area contributed by atoms with Crippen LogP contribution in [0, 0.1) is 11.8 Å². The molecule has 1 unspecified atom stereocenters. The number of hydrogen-bond acceptors (Lipinski definition) is 13. The molecule has 1 aromatic carbocycles. The average molecular weight is 959 g/mol. The molecule has 1 aliphatic heterocycles. The van der Waals surface area contributed by atoms with Gasteiger partial charge in [-0.15, -0.1) is 0 Å². The van der Waals surface area contributed by atoms with Crippen molar-refractivity contribution in [2.24, 2.45) is 34.0 Å². The standard InChI is InChI=1S/C41H62N12O11.C2H4O2/c1-5-22(4)33(38(61)50-29(17-24-19-45-20-47-24)39(62)53-15-7-9-30(53)40(63)64)52-36(59)28(16-23-10-12-25(54)13-11-23)49-37(60)32(21(2)3)51-35(58)27(8-6-14-46-41(43)44)48-34(57)26(42)18-31(55)56;1-2(3)4/h10-13,19-22,26-30,32-33,54H,5-9,14-18,42H2,1-4H3,(H,45,47)(H,48,57)(H,49,60)(H,50,61)(H,51,58)(H,52,59)(H,55,56)(H,63,64)(H4,43,44,46);1H3,(H,3,4)/t22-,26-,27-,28-,29-,30-,32-,33?;/m0./s1. The van der Waals surface area contributed by atoms with Gasteiger partial charge in [-0.3, -0.25) is 43.3 Å². The van der Waals surface area contributed by atoms with Crippen molar-refractivity contribution in [1.29, 1.82) is 0 Å². The lowest BCUT2D eigenvalue weighted by atomic mass is 9.96. The summed E-state index contributed by atoms with van der Waals surface area (Å²) in [6.07, 6.45) is 3.14. The largest absolute Gasteiger partial charge is 0.508 e. The van der Waals surface area contributed by atoms with E-state index >= 15 is 0 Å². The maximum atomic E-state index is 14.3. The van der Waals surface area contributed by atoms with Crippen LogP contribution >= 0.6 is 0 Å². The highest BCUT2D eigenvalue weighted by Crippen LogP contribution is 2.20. The van der Waals surface area contributed by atoms with Gasteiger partial charge in [-0.2, -0.15) is 0 Å². The number of nitrogens with zero attached hydrogens (tertiary/aromatic N) is 3. The summed E-state index contributed by atoms with van der Waals surface area (Å²) in [6.45, 7) is 8.07. The zero-order chi connectivity index (χ0) is 51.2. The quantitative estimate of drug-likeness (QED) is 0.0292. The first kappa shape index (κ1) is 56.8. The van der Waals surface area contributed by atoms with E-state index in [0.717, 1.165) is 6.92 Å². The number of aromatic nitrogens is 2. The van der Waals surface area contributed by atoms with Crippen LogP contribution in [0.15, 0.2) is 41.8 Å². The predicted molar refractivity (Wildman–Crippen MR) is 244 cm³/mol. The zero-order valence-electron chi connectivity index (χ0n) is 38.8. The highest BCUT2D eigenvalue weighted by Gasteiger charge is 2.40. The Morgan fingerprint density at radius 2 is 1.40 bits per heavy atom. The molecule has 0 aliphatic carbocycles. The number of carbonyl (C=O) groups excluding carboxylic acids is 6. The molecule has 8 atom stereocenters. The van der Waals surface area contributed by atoms with Crippen molar-refractivity contribution in [2.75, 3.05) is 13.1 Å². The maximum absolute atomic E-state index is 14.3. The lowest BCUT2D eigenvalue weighted by Gasteiger charge is -2.31. The topological polar surface area (TPSA) is 417 Å². The minimum absolute atomic E-state index is 0.0436. The Hall–Kier alpha value is -7.31. The van der Waals surface area contributed by atoms with E-state index in [1.165, 1.54) is 41.7 Å². The second-order valence-electron chi connectivity index (χ2n) is 16.6. The van der Waals surface area contributed by atoms with Crippen LogP contribution in [0.1, 0.15) is 84.4 Å². The minimum atomic E-state index is -1.49. The number of carboxylic acids is 3. The van der Waals surface area contributed by atoms with E-state index in [-0.39, 0.29) is 56.9 Å². The van der Waals surface area contributed by atoms with Crippen LogP contribution < -0.4 is 43.8 Å². The molecule has 16 N–H and O–H groups in total. The number of H-pyrrole nitrogens is 1. The number of amides is 6. The number of guanidine groups is 1. The predicted octanol–water partition coefficient (Wildman–Crippen LogP) is -1.95. The molecular weight excluding hydrogens is 893 g/mol. The molecular formula is C43H66N12O13. The van der Waals surface area contributed by atoms with Crippen LogP contribution in [-0.2, 0) is 56.0 Å². The van der Waals surface area contributed by atoms with Crippen molar-refractivity contribution in [3.8, 4) is 5.75 Å². The Labute approximate surface area is 392 Å². The number of carbonyl (C=O) groups is 9. The van der Waals surface area contributed by atoms with E-state index in [0.29, 0.717) is 24.1 Å². The van der Waals surface area contributed by atoms with Gasteiger partial charge in [0.1, 0.15) is 42.0 Å². The first-order chi connectivity index (χ1) is 31.9. The summed E-state index contributed by atoms with van der Waals surface area (Å²) >= 11 is 0. The van der Waals surface area contributed by atoms with E-state index in [1.54, 1.807) is 27.7 Å². The summed E-state index contributed by atoms with van der Waals surface area (Å²) in [5, 5.41) is 49.5. The number of likely N-dealkylation sites (tertiary alicyclic amines) is 1. The summed E-state index contributed by atoms with van der Waals surface area (Å²) in [4.78, 5) is 127. The van der Waals surface area contributed by atoms with E-state index in [2.05, 4.69) is 41.5 Å². The van der Waals surface area contributed by atoms with E-state index in [9.17, 15) is 48.6 Å². The van der Waals surface area contributed by atoms with Crippen molar-refractivity contribution in [3.05, 3.63) is 48.0 Å². The molecule has 1 fully saturated rings. The van der Waals surface area contributed by atoms with Crippen molar-refractivity contribution >= 4 is 59.3 Å². The van der Waals surface area contributed by atoms with Gasteiger partial charge in [0.15, 0.2) is 5.96 Å². The highest BCUT2D eigenvalue weighted by molar-refractivity contribution is 5.97. The van der Waals surface area contributed by atoms with Crippen LogP contribution in [0.2, 0.25) is 0 Å². The number of benzene rings is 1. The molecule has 0 saturated carbocycles. The van der Waals surface area contributed by atoms with Gasteiger partial charge in [0.2, 0.25) is 35.4 Å². The Balaban J connectivity index is 0.00000381. The molecule has 1 aliphatic rings. The first-order valence-corrected chi connectivity index (χ1v) is 22.0. The third kappa shape index (κ3) is 19.3. The number of hydrogen-bond donors (Lipinski definition) is 13. The van der Waals surface area contributed by atoms with Gasteiger partial charge >= 0.3 is 11.9 Å². The van der Waals surface area contributed by atoms with Gasteiger partial charge in [-0.1, -0.05) is 46.2 Å². The summed E-state index contributed by atoms with van der Waals surface area (Å²) < 4.78 is 0. The molecule has 2 heterocycles. The molecule has 0 radical (unpaired) electrons. The zero-order valence-corrected chi connectivity index (χ0v) is 38.8. The molecule has 0 bridgehead atoms. The first-order valence-electron chi connectivity index (χ1n) is 22.0. The summed E-state index contributed by atoms with van der Waals surface area (Å²) in [5.74, 6) is -9.50. The van der Waals surface area contributed by atoms with Crippen molar-refractivity contribution in [2.45, 2.75) is 128 Å². The lowest BCUT2D eigenvalue weighted by Crippen LogP contribution is -2.62. The Morgan fingerprint density at radius 1 is 0.824 bits per heavy atom. The fourth-order valence-electron chi connectivity index (χ4n) is 6.98. The maximum Gasteiger partial charge on any atom is 0.326 e. The number of phenols is 1. The number of rotatable bonds is 25. The number of aromatic amines is 1. The average Bonchev–Trinajstić information content (AvgIpc) is 3.98. The molecule has 25 heteroatoms. The molecule has 0 spiro atoms. The summed E-state index contributed by atoms with van der Waals surface area (Å²) in [5.41, 5.74) is 17.5. The molecule has 25 nitrogen and oxygen atoms in total. The third-order valence-electron chi connectivity index (χ3n) is 10.8. The Bertz CT molecular complexity index is 2060. The van der Waals surface area contributed by atoms with Crippen LogP contribution in [0.25, 0.3) is 0 Å². The van der Waals surface area contributed by atoms with E-state index in [1.807, 2.05) is 0 Å². The molecule has 68 heavy (non-hydrogen) atoms. The lowest BCUT2D eigenvalue weighted by molar-refractivity contribution is -0.149. The Kier molecular flexibility index (Phi) is 23.4. The van der Waals surface area contributed by atoms with Crippen LogP contribution in [0.5, 0.6) is 5.75 Å². The number of aliphatic carboxylic acids is 3. The SMILES string of the molecule is CC(=O)O.CC[C@H](C)C(NC(=O)[C@H](Cc1ccc(O)cc1)NC(=O)[C@@H](NC(=O)[C@H](CCCN=C(N)N)NC(=O)[C@@H](N)CC(=O)O)C(C)C)C(=O)N[C@@H](Cc1cnc[nH]1)C(=O)N1CCC[C@H]1C(=O)O. The van der Waals surface area contributed by atoms with Crippen molar-refractivity contribution in [1.82, 2.24) is 41.5 Å². The van der Waals surface area contributed by atoms with Gasteiger partial charge in [0.05, 0.1) is 18.8 Å². The van der Waals surface area contributed by atoms with Gasteiger partial charge in [-0.25, -0.2) is 9.78 Å². The highest BCUT2D eigenvalue weighted by atomic mass is 16.4. The van der Waals surface area contributed by atoms with Gasteiger partial charge < -0.3 is 74.1 Å². The smallest absolute Gasteiger partial charge is 0.326 e. The Morgan fingerprint density at radius 3 is 1.94 bits per heavy atom. The number of imidazole rings is 1. The fraction of sp³-hybridized carbons (Fsp3) is 0.558. The number of carboxylic acid groups (broad SMARTS) is 3. The third-order valence-corrected chi connectivity index (χ3v) is 10.8. The molecule has 376 valence electrons. The van der Waals surface area contributed by atoms with Crippen LogP contribution in [0.3, 0.4) is 0 Å². The summed E-state index contributed by atoms with van der Waals surface area (Å²) in [6, 6.07) is -3.26. The van der Waals surface area contributed by atoms with Gasteiger partial charge in [0.25, 0.3) is 5.97 Å². The molecule has 2 aromatic rings. The molecule has 3 rings (SSSR count). The number of aliphatic imine (C=N–C) groups is 1. The normalized spacial score (nSPS) is 16.2. The van der Waals surface area contributed by atoms with E-state index in [4.69, 9.17) is 32.2 Å². The minimum Gasteiger partial charge on any atom is -0.508 e. The van der Waals surface area contributed by atoms with Crippen molar-refractivity contribution in [3.63, 3.8) is 0 Å². The molecule has 1 saturated heterocycles. The van der Waals surface area contributed by atoms with E-state index < -0.39 is 114 Å². The number of aromatic hydroxyl groups is 1. The molecule has 1 aromatic heterocycles. The number of nitrogens with two attached hydrogens (primary N) is 3. The summed E-state index contributed by atoms with van der Waals surface area (Å²) in [7, 11) is 0. The molecule has 6 amide bonds. The van der Waals surface area contributed by atoms with Crippen LogP contribution in [0.4, 0.5) is 0 Å². The number of nitrogens with one attached hydrogen (secondary N) is 6. The van der Waals surface area contributed by atoms with Gasteiger partial charge in [0, 0.05) is 44.7 Å². The van der Waals surface area contributed by atoms with Gasteiger partial charge in [-0.05, 0) is 55.2 Å². The second-order valence-corrected chi connectivity index (χ2v) is 16.6. The van der Waals surface area contributed by atoms with Crippen LogP contribution in [-0.4, -0.2) is 150 Å². The second kappa shape index (κ2) is 28.0. The monoisotopic (exact) mass is 958 g/mol. The van der Waals surface area contributed by atoms with Crippen molar-refractivity contribution < 1.29 is 63.6 Å². The number of phenolic OH excluding ortho intramolecular Hbond substituents is 1.